The summed E-state index contributed by atoms with van der Waals surface area (Å²) in [5, 5.41) is 26.3. The minimum absolute atomic E-state index is 0.0860. The van der Waals surface area contributed by atoms with Gasteiger partial charge in [-0.2, -0.15) is 10.3 Å². The number of halogens is 1. The van der Waals surface area contributed by atoms with E-state index in [2.05, 4.69) is 25.7 Å². The van der Waals surface area contributed by atoms with E-state index in [4.69, 9.17) is 0 Å². The van der Waals surface area contributed by atoms with Crippen molar-refractivity contribution in [1.82, 2.24) is 30.4 Å². The number of aliphatic hydroxyl groups is 1. The van der Waals surface area contributed by atoms with Crippen molar-refractivity contribution in [2.45, 2.75) is 6.54 Å². The molecule has 0 saturated carbocycles. The van der Waals surface area contributed by atoms with Crippen LogP contribution in [-0.4, -0.2) is 41.3 Å². The Morgan fingerprint density at radius 3 is 2.96 bits per heavy atom. The molecule has 0 fully saturated rings. The lowest BCUT2D eigenvalue weighted by Crippen LogP contribution is -2.02. The van der Waals surface area contributed by atoms with Crippen LogP contribution in [-0.2, 0) is 6.54 Å². The van der Waals surface area contributed by atoms with Crippen LogP contribution in [0.1, 0.15) is 21.7 Å². The highest BCUT2D eigenvalue weighted by atomic mass is 19.1. The van der Waals surface area contributed by atoms with Gasteiger partial charge in [-0.3, -0.25) is 9.48 Å². The van der Waals surface area contributed by atoms with Crippen molar-refractivity contribution < 1.29 is 14.3 Å². The summed E-state index contributed by atoms with van der Waals surface area (Å²) in [6, 6.07) is 6.32. The molecule has 0 saturated heterocycles. The van der Waals surface area contributed by atoms with Gasteiger partial charge in [-0.25, -0.2) is 4.39 Å². The molecule has 3 aromatic rings. The molecule has 8 nitrogen and oxygen atoms in total. The van der Waals surface area contributed by atoms with Crippen LogP contribution in [0.4, 0.5) is 4.39 Å². The number of carbonyl (C=O) groups is 1. The van der Waals surface area contributed by atoms with E-state index in [-0.39, 0.29) is 23.7 Å². The van der Waals surface area contributed by atoms with Gasteiger partial charge in [0.1, 0.15) is 5.82 Å². The lowest BCUT2D eigenvalue weighted by molar-refractivity contribution is 0.104. The molecule has 3 rings (SSSR count). The van der Waals surface area contributed by atoms with Gasteiger partial charge < -0.3 is 5.11 Å². The van der Waals surface area contributed by atoms with Crippen LogP contribution < -0.4 is 0 Å². The Labute approximate surface area is 129 Å². The molecule has 2 heterocycles. The monoisotopic (exact) mass is 314 g/mol. The first-order chi connectivity index (χ1) is 11.1. The second-order valence-electron chi connectivity index (χ2n) is 4.65. The Morgan fingerprint density at radius 1 is 1.39 bits per heavy atom. The quantitative estimate of drug-likeness (QED) is 0.418. The Bertz CT molecular complexity index is 856. The molecule has 116 valence electrons. The summed E-state index contributed by atoms with van der Waals surface area (Å²) in [5.74, 6) is -1.32. The number of aromatic nitrogens is 6. The van der Waals surface area contributed by atoms with Crippen LogP contribution in [0, 0.1) is 5.82 Å². The minimum atomic E-state index is -0.480. The number of ketones is 1. The number of carbonyl (C=O) groups excluding carboxylic acids is 1. The van der Waals surface area contributed by atoms with Crippen molar-refractivity contribution >= 4 is 11.5 Å². The molecule has 0 aliphatic rings. The fourth-order valence-corrected chi connectivity index (χ4v) is 1.92. The third-order valence-corrected chi connectivity index (χ3v) is 3.05. The van der Waals surface area contributed by atoms with E-state index in [9.17, 15) is 14.3 Å². The largest absolute Gasteiger partial charge is 0.504 e. The van der Waals surface area contributed by atoms with Gasteiger partial charge in [0, 0.05) is 17.8 Å². The Hall–Kier alpha value is -3.36. The topological polar surface area (TPSA) is 110 Å². The average Bonchev–Trinajstić information content (AvgIpc) is 3.21. The first kappa shape index (κ1) is 14.6. The van der Waals surface area contributed by atoms with Gasteiger partial charge in [-0.05, 0) is 11.3 Å². The van der Waals surface area contributed by atoms with Crippen LogP contribution in [0.5, 0.6) is 0 Å². The smallest absolute Gasteiger partial charge is 0.239 e. The third kappa shape index (κ3) is 3.28. The average molecular weight is 314 g/mol. The number of H-pyrrole nitrogens is 1. The maximum absolute atomic E-state index is 13.6. The number of nitrogens with one attached hydrogen (secondary N) is 1. The van der Waals surface area contributed by atoms with E-state index in [0.717, 1.165) is 6.08 Å². The number of rotatable bonds is 5. The molecule has 0 aliphatic heterocycles. The number of tetrazole rings is 1. The maximum atomic E-state index is 13.6. The molecular weight excluding hydrogens is 303 g/mol. The molecule has 0 spiro atoms. The molecular formula is C14H11FN6O2. The van der Waals surface area contributed by atoms with Crippen molar-refractivity contribution in [3.8, 4) is 0 Å². The molecule has 0 radical (unpaired) electrons. The van der Waals surface area contributed by atoms with E-state index in [0.29, 0.717) is 5.56 Å². The number of benzene rings is 1. The van der Waals surface area contributed by atoms with Crippen molar-refractivity contribution in [3.63, 3.8) is 0 Å². The predicted octanol–water partition coefficient (Wildman–Crippen LogP) is 1.37. The van der Waals surface area contributed by atoms with E-state index in [1.807, 2.05) is 0 Å². The minimum Gasteiger partial charge on any atom is -0.504 e. The van der Waals surface area contributed by atoms with Crippen LogP contribution in [0.2, 0.25) is 0 Å². The third-order valence-electron chi connectivity index (χ3n) is 3.05. The summed E-state index contributed by atoms with van der Waals surface area (Å²) in [6.07, 6.45) is 3.77. The Kier molecular flexibility index (Phi) is 3.91. The number of aromatic amines is 1. The molecule has 1 aromatic carbocycles. The normalized spacial score (nSPS) is 11.6. The molecule has 0 atom stereocenters. The van der Waals surface area contributed by atoms with Gasteiger partial charge in [0.05, 0.1) is 18.3 Å². The van der Waals surface area contributed by atoms with Gasteiger partial charge in [-0.1, -0.05) is 18.2 Å². The molecule has 0 bridgehead atoms. The summed E-state index contributed by atoms with van der Waals surface area (Å²) < 4.78 is 15.0. The lowest BCUT2D eigenvalue weighted by atomic mass is 10.2. The van der Waals surface area contributed by atoms with Crippen molar-refractivity contribution in [2.24, 2.45) is 0 Å². The summed E-state index contributed by atoms with van der Waals surface area (Å²) in [5.41, 5.74) is 0.705. The highest BCUT2D eigenvalue weighted by Crippen LogP contribution is 2.11. The Balaban J connectivity index is 1.75. The fourth-order valence-electron chi connectivity index (χ4n) is 1.92. The Morgan fingerprint density at radius 2 is 2.22 bits per heavy atom. The first-order valence-corrected chi connectivity index (χ1v) is 6.58. The molecule has 2 aromatic heterocycles. The van der Waals surface area contributed by atoms with E-state index in [1.54, 1.807) is 18.2 Å². The second kappa shape index (κ2) is 6.18. The highest BCUT2D eigenvalue weighted by molar-refractivity contribution is 6.07. The van der Waals surface area contributed by atoms with Gasteiger partial charge in [0.15, 0.2) is 11.5 Å². The van der Waals surface area contributed by atoms with E-state index < -0.39 is 11.5 Å². The van der Waals surface area contributed by atoms with Gasteiger partial charge >= 0.3 is 0 Å². The second-order valence-corrected chi connectivity index (χ2v) is 4.65. The summed E-state index contributed by atoms with van der Waals surface area (Å²) in [4.78, 5) is 12.0. The maximum Gasteiger partial charge on any atom is 0.239 e. The fraction of sp³-hybridized carbons (Fsp3) is 0.0714. The van der Waals surface area contributed by atoms with Crippen molar-refractivity contribution in [3.05, 3.63) is 65.5 Å². The van der Waals surface area contributed by atoms with Crippen LogP contribution in [0.25, 0.3) is 5.76 Å². The molecule has 0 amide bonds. The molecule has 0 unspecified atom stereocenters. The summed E-state index contributed by atoms with van der Waals surface area (Å²) in [6.45, 7) is 0.195. The van der Waals surface area contributed by atoms with Crippen molar-refractivity contribution in [1.29, 1.82) is 0 Å². The standard InChI is InChI=1S/C14H11FN6O2/c15-11-4-2-1-3-9(11)7-21-8-10(6-16-21)12(22)5-13(23)14-17-19-20-18-14/h1-6,8,23H,7H2,(H,17,18,19,20). The first-order valence-electron chi connectivity index (χ1n) is 6.58. The zero-order valence-electron chi connectivity index (χ0n) is 11.7. The van der Waals surface area contributed by atoms with Crippen molar-refractivity contribution in [2.75, 3.05) is 0 Å². The zero-order chi connectivity index (χ0) is 16.2. The van der Waals surface area contributed by atoms with Gasteiger partial charge in [-0.15, -0.1) is 10.2 Å². The van der Waals surface area contributed by atoms with Crippen LogP contribution in [0.3, 0.4) is 0 Å². The van der Waals surface area contributed by atoms with Crippen LogP contribution in [0.15, 0.2) is 42.7 Å². The molecule has 0 aliphatic carbocycles. The number of aliphatic hydroxyl groups excluding tert-OH is 1. The summed E-state index contributed by atoms with van der Waals surface area (Å²) in [7, 11) is 0. The molecule has 23 heavy (non-hydrogen) atoms. The van der Waals surface area contributed by atoms with Crippen LogP contribution >= 0.6 is 0 Å². The number of allylic oxidation sites excluding steroid dienone is 1. The number of hydrogen-bond donors (Lipinski definition) is 2. The summed E-state index contributed by atoms with van der Waals surface area (Å²) >= 11 is 0. The van der Waals surface area contributed by atoms with Gasteiger partial charge in [0.25, 0.3) is 0 Å². The van der Waals surface area contributed by atoms with E-state index in [1.165, 1.54) is 23.1 Å². The zero-order valence-corrected chi connectivity index (χ0v) is 11.7. The predicted molar refractivity (Wildman–Crippen MR) is 76.8 cm³/mol. The van der Waals surface area contributed by atoms with E-state index >= 15 is 0 Å². The highest BCUT2D eigenvalue weighted by Gasteiger charge is 2.12. The lowest BCUT2D eigenvalue weighted by Gasteiger charge is -2.02. The number of hydrogen-bond acceptors (Lipinski definition) is 6. The number of nitrogens with zero attached hydrogens (tertiary/aromatic N) is 5. The molecule has 9 heteroatoms. The van der Waals surface area contributed by atoms with Gasteiger partial charge in [0.2, 0.25) is 5.82 Å². The molecule has 2 N–H and O–H groups in total. The SMILES string of the molecule is O=C(C=C(O)c1nn[nH]n1)c1cnn(Cc2ccccc2F)c1.